The Morgan fingerprint density at radius 1 is 1.00 bits per heavy atom. The van der Waals surface area contributed by atoms with Crippen molar-refractivity contribution < 1.29 is 38.4 Å². The van der Waals surface area contributed by atoms with Gasteiger partial charge in [0.15, 0.2) is 0 Å². The van der Waals surface area contributed by atoms with Crippen molar-refractivity contribution in [2.24, 2.45) is 5.92 Å². The van der Waals surface area contributed by atoms with Crippen LogP contribution in [0, 0.1) is 12.8 Å². The van der Waals surface area contributed by atoms with Crippen molar-refractivity contribution >= 4 is 27.0 Å². The van der Waals surface area contributed by atoms with E-state index in [0.29, 0.717) is 44.9 Å². The van der Waals surface area contributed by atoms with Gasteiger partial charge in [-0.05, 0) is 50.1 Å². The molecule has 2 aliphatic rings. The summed E-state index contributed by atoms with van der Waals surface area (Å²) in [5.74, 6) is 0.867. The lowest BCUT2D eigenvalue weighted by molar-refractivity contribution is -0.140. The maximum atomic E-state index is 13.4. The summed E-state index contributed by atoms with van der Waals surface area (Å²) in [6, 6.07) is 5.75. The average Bonchev–Trinajstić information content (AvgIpc) is 2.92. The minimum atomic E-state index is -10.0. The third-order valence-electron chi connectivity index (χ3n) is 7.47. The highest BCUT2D eigenvalue weighted by molar-refractivity contribution is 8.45. The number of rotatable bonds is 6. The number of aryl methyl sites for hydroxylation is 1. The van der Waals surface area contributed by atoms with E-state index in [4.69, 9.17) is 14.2 Å². The molecule has 224 valence electrons. The molecule has 8 nitrogen and oxygen atoms in total. The van der Waals surface area contributed by atoms with Crippen LogP contribution in [-0.4, -0.2) is 59.9 Å². The van der Waals surface area contributed by atoms with E-state index in [1.165, 1.54) is 26.2 Å². The van der Waals surface area contributed by atoms with Crippen LogP contribution >= 0.6 is 10.2 Å². The Hall–Kier alpha value is -3.39. The van der Waals surface area contributed by atoms with Gasteiger partial charge >= 0.3 is 10.2 Å². The van der Waals surface area contributed by atoms with Crippen molar-refractivity contribution in [3.05, 3.63) is 52.6 Å². The fourth-order valence-electron chi connectivity index (χ4n) is 5.30. The lowest BCUT2D eigenvalue weighted by atomic mass is 9.97. The van der Waals surface area contributed by atoms with E-state index in [9.17, 15) is 29.0 Å². The first-order valence-corrected chi connectivity index (χ1v) is 15.1. The molecule has 0 saturated carbocycles. The van der Waals surface area contributed by atoms with Gasteiger partial charge in [-0.15, -0.1) is 0 Å². The van der Waals surface area contributed by atoms with Crippen LogP contribution in [0.15, 0.2) is 46.1 Å². The highest BCUT2D eigenvalue weighted by Gasteiger charge is 2.65. The Bertz CT molecular complexity index is 1550. The SMILES string of the molecule is COc1cc(OC2CCN(C(=O)C3CCOCC3)CC2)ccc1-n1c(C)nc2ccc(S(F)(F)(F)(F)F)cc2c1=O. The van der Waals surface area contributed by atoms with Gasteiger partial charge in [-0.1, -0.05) is 19.4 Å². The number of fused-ring (bicyclic) bond motifs is 1. The van der Waals surface area contributed by atoms with E-state index in [1.54, 1.807) is 6.07 Å². The highest BCUT2D eigenvalue weighted by atomic mass is 32.5. The number of nitrogens with zero attached hydrogens (tertiary/aromatic N) is 3. The molecular weight excluding hydrogens is 573 g/mol. The van der Waals surface area contributed by atoms with E-state index in [2.05, 4.69) is 4.98 Å². The van der Waals surface area contributed by atoms with Gasteiger partial charge in [0.25, 0.3) is 5.56 Å². The number of aromatic nitrogens is 2. The molecular formula is C27H30F5N3O5S. The van der Waals surface area contributed by atoms with E-state index in [-0.39, 0.29) is 52.8 Å². The summed E-state index contributed by atoms with van der Waals surface area (Å²) in [4.78, 5) is 30.0. The maximum absolute atomic E-state index is 13.4. The average molecular weight is 604 g/mol. The van der Waals surface area contributed by atoms with Crippen LogP contribution < -0.4 is 15.0 Å². The molecule has 3 aromatic rings. The van der Waals surface area contributed by atoms with Crippen molar-refractivity contribution in [3.8, 4) is 17.2 Å². The lowest BCUT2D eigenvalue weighted by Gasteiger charge is -2.40. The normalized spacial score (nSPS) is 19.0. The molecule has 0 aliphatic carbocycles. The summed E-state index contributed by atoms with van der Waals surface area (Å²) in [5.41, 5.74) is -0.939. The second-order valence-corrected chi connectivity index (χ2v) is 12.7. The van der Waals surface area contributed by atoms with Crippen LogP contribution in [0.25, 0.3) is 16.6 Å². The molecule has 0 radical (unpaired) electrons. The Kier molecular flexibility index (Phi) is 7.00. The van der Waals surface area contributed by atoms with E-state index < -0.39 is 26.1 Å². The van der Waals surface area contributed by atoms with Crippen LogP contribution in [0.2, 0.25) is 0 Å². The van der Waals surface area contributed by atoms with E-state index in [0.717, 1.165) is 23.5 Å². The fraction of sp³-hybridized carbons (Fsp3) is 0.444. The van der Waals surface area contributed by atoms with Gasteiger partial charge in [-0.2, -0.15) is 0 Å². The van der Waals surface area contributed by atoms with Gasteiger partial charge in [-0.25, -0.2) is 4.98 Å². The zero-order valence-electron chi connectivity index (χ0n) is 22.5. The zero-order valence-corrected chi connectivity index (χ0v) is 23.3. The van der Waals surface area contributed by atoms with Gasteiger partial charge in [0.1, 0.15) is 28.3 Å². The zero-order chi connectivity index (χ0) is 29.6. The molecule has 2 aliphatic heterocycles. The fourth-order valence-corrected chi connectivity index (χ4v) is 5.97. The van der Waals surface area contributed by atoms with Crippen molar-refractivity contribution in [2.45, 2.75) is 43.6 Å². The number of benzene rings is 2. The minimum Gasteiger partial charge on any atom is -0.494 e. The second-order valence-electron chi connectivity index (χ2n) is 10.3. The largest absolute Gasteiger partial charge is 0.494 e. The van der Waals surface area contributed by atoms with Crippen molar-refractivity contribution in [3.63, 3.8) is 0 Å². The van der Waals surface area contributed by atoms with Gasteiger partial charge < -0.3 is 19.1 Å². The van der Waals surface area contributed by atoms with Crippen LogP contribution in [-0.2, 0) is 9.53 Å². The number of hydrogen-bond acceptors (Lipinski definition) is 6. The first-order chi connectivity index (χ1) is 19.1. The third kappa shape index (κ3) is 6.13. The van der Waals surface area contributed by atoms with Gasteiger partial charge in [0.2, 0.25) is 5.91 Å². The topological polar surface area (TPSA) is 82.9 Å². The Balaban J connectivity index is 1.37. The number of likely N-dealkylation sites (tertiary alicyclic amines) is 1. The number of piperidine rings is 1. The predicted molar refractivity (Wildman–Crippen MR) is 144 cm³/mol. The van der Waals surface area contributed by atoms with Gasteiger partial charge in [0.05, 0.1) is 23.7 Å². The molecule has 5 rings (SSSR count). The first-order valence-electron chi connectivity index (χ1n) is 13.1. The van der Waals surface area contributed by atoms with Crippen LogP contribution in [0.1, 0.15) is 31.5 Å². The molecule has 2 fully saturated rings. The smallest absolute Gasteiger partial charge is 0.310 e. The summed E-state index contributed by atoms with van der Waals surface area (Å²) >= 11 is 0. The summed E-state index contributed by atoms with van der Waals surface area (Å²) in [6.45, 7) is 3.79. The van der Waals surface area contributed by atoms with Crippen LogP contribution in [0.5, 0.6) is 11.5 Å². The Morgan fingerprint density at radius 3 is 2.32 bits per heavy atom. The number of ether oxygens (including phenoxy) is 3. The molecule has 41 heavy (non-hydrogen) atoms. The molecule has 0 unspecified atom stereocenters. The summed E-state index contributed by atoms with van der Waals surface area (Å²) in [7, 11) is -8.66. The first kappa shape index (κ1) is 29.1. The van der Waals surface area contributed by atoms with Gasteiger partial charge in [0, 0.05) is 51.1 Å². The number of methoxy groups -OCH3 is 1. The number of carbonyl (C=O) groups is 1. The summed E-state index contributed by atoms with van der Waals surface area (Å²) in [6.07, 6.45) is 2.55. The van der Waals surface area contributed by atoms with Gasteiger partial charge in [-0.3, -0.25) is 14.2 Å². The molecule has 14 heteroatoms. The second kappa shape index (κ2) is 9.86. The molecule has 3 heterocycles. The quantitative estimate of drug-likeness (QED) is 0.314. The van der Waals surface area contributed by atoms with Crippen molar-refractivity contribution in [2.75, 3.05) is 33.4 Å². The molecule has 0 bridgehead atoms. The maximum Gasteiger partial charge on any atom is 0.310 e. The molecule has 0 N–H and O–H groups in total. The summed E-state index contributed by atoms with van der Waals surface area (Å²) in [5, 5.41) is -0.606. The molecule has 2 aromatic carbocycles. The highest BCUT2D eigenvalue weighted by Crippen LogP contribution is 3.02. The molecule has 2 saturated heterocycles. The molecule has 0 atom stereocenters. The predicted octanol–water partition coefficient (Wildman–Crippen LogP) is 6.16. The van der Waals surface area contributed by atoms with Crippen LogP contribution in [0.4, 0.5) is 19.4 Å². The van der Waals surface area contributed by atoms with E-state index >= 15 is 0 Å². The molecule has 1 amide bonds. The van der Waals surface area contributed by atoms with Crippen molar-refractivity contribution in [1.29, 1.82) is 0 Å². The van der Waals surface area contributed by atoms with Crippen LogP contribution in [0.3, 0.4) is 0 Å². The number of hydrogen-bond donors (Lipinski definition) is 0. The summed E-state index contributed by atoms with van der Waals surface area (Å²) < 4.78 is 85.1. The lowest BCUT2D eigenvalue weighted by Crippen LogP contribution is -2.45. The minimum absolute atomic E-state index is 0.00697. The number of halogens is 5. The standard InChI is InChI=1S/C27H30F5N3O5S/c1-17-33-23-5-4-21(41(28,29,30,31)32)16-22(23)27(37)35(17)24-6-3-20(15-25(24)38-2)40-19-7-11-34(12-8-19)26(36)18-9-13-39-14-10-18/h3-6,15-16,18-19H,7-14H2,1-2H3. The Labute approximate surface area is 232 Å². The monoisotopic (exact) mass is 603 g/mol. The number of amides is 1. The molecule has 1 aromatic heterocycles. The van der Waals surface area contributed by atoms with Crippen molar-refractivity contribution in [1.82, 2.24) is 14.5 Å². The van der Waals surface area contributed by atoms with E-state index in [1.807, 2.05) is 4.90 Å². The number of carbonyl (C=O) groups excluding carboxylic acids is 1. The molecule has 0 spiro atoms. The third-order valence-corrected chi connectivity index (χ3v) is 8.62. The Morgan fingerprint density at radius 2 is 1.68 bits per heavy atom.